The lowest BCUT2D eigenvalue weighted by Gasteiger charge is -2.36. The van der Waals surface area contributed by atoms with Gasteiger partial charge in [0.15, 0.2) is 6.10 Å². The number of rotatable bonds is 4. The Morgan fingerprint density at radius 2 is 1.92 bits per heavy atom. The fourth-order valence-electron chi connectivity index (χ4n) is 2.76. The lowest BCUT2D eigenvalue weighted by molar-refractivity contribution is -0.138. The number of aromatic nitrogens is 1. The first-order chi connectivity index (χ1) is 12.0. The number of benzene rings is 1. The van der Waals surface area contributed by atoms with Crippen molar-refractivity contribution in [2.45, 2.75) is 13.0 Å². The molecule has 0 spiro atoms. The number of carbonyl (C=O) groups excluding carboxylic acids is 1. The Kier molecular flexibility index (Phi) is 5.66. The molecule has 1 aromatic carbocycles. The molecule has 1 saturated heterocycles. The van der Waals surface area contributed by atoms with Crippen LogP contribution in [0, 0.1) is 0 Å². The average molecular weight is 380 g/mol. The number of halogens is 2. The number of piperazine rings is 1. The van der Waals surface area contributed by atoms with Gasteiger partial charge in [0.25, 0.3) is 5.91 Å². The largest absolute Gasteiger partial charge is 0.479 e. The topological polar surface area (TPSA) is 45.7 Å². The molecular formula is C18H19Cl2N3O2. The summed E-state index contributed by atoms with van der Waals surface area (Å²) in [4.78, 5) is 21.0. The molecule has 25 heavy (non-hydrogen) atoms. The van der Waals surface area contributed by atoms with Gasteiger partial charge in [0.1, 0.15) is 11.6 Å². The van der Waals surface area contributed by atoms with E-state index in [0.717, 1.165) is 18.9 Å². The number of nitrogens with zero attached hydrogens (tertiary/aromatic N) is 3. The number of ether oxygens (including phenoxy) is 1. The second kappa shape index (κ2) is 7.93. The maximum absolute atomic E-state index is 12.6. The molecule has 1 amide bonds. The SMILES string of the molecule is CC(Oc1cc(Cl)ccc1Cl)C(=O)N1CCN(c2ccccn2)CC1. The van der Waals surface area contributed by atoms with Gasteiger partial charge in [-0.25, -0.2) is 4.98 Å². The zero-order valence-corrected chi connectivity index (χ0v) is 15.4. The lowest BCUT2D eigenvalue weighted by atomic mass is 10.2. The molecule has 3 rings (SSSR count). The maximum Gasteiger partial charge on any atom is 0.263 e. The zero-order valence-electron chi connectivity index (χ0n) is 13.9. The third-order valence-electron chi connectivity index (χ3n) is 4.11. The van der Waals surface area contributed by atoms with E-state index in [2.05, 4.69) is 9.88 Å². The van der Waals surface area contributed by atoms with Crippen molar-refractivity contribution in [1.82, 2.24) is 9.88 Å². The Balaban J connectivity index is 1.57. The Labute approximate surface area is 157 Å². The van der Waals surface area contributed by atoms with Crippen LogP contribution in [0.2, 0.25) is 10.0 Å². The van der Waals surface area contributed by atoms with E-state index in [1.165, 1.54) is 0 Å². The van der Waals surface area contributed by atoms with Crippen LogP contribution >= 0.6 is 23.2 Å². The number of hydrogen-bond acceptors (Lipinski definition) is 4. The Morgan fingerprint density at radius 3 is 2.60 bits per heavy atom. The number of anilines is 1. The van der Waals surface area contributed by atoms with Crippen LogP contribution in [0.1, 0.15) is 6.92 Å². The molecule has 1 aliphatic heterocycles. The highest BCUT2D eigenvalue weighted by atomic mass is 35.5. The van der Waals surface area contributed by atoms with E-state index in [4.69, 9.17) is 27.9 Å². The fraction of sp³-hybridized carbons (Fsp3) is 0.333. The lowest BCUT2D eigenvalue weighted by Crippen LogP contribution is -2.52. The minimum absolute atomic E-state index is 0.0586. The minimum Gasteiger partial charge on any atom is -0.479 e. The molecule has 2 heterocycles. The molecule has 1 aliphatic rings. The van der Waals surface area contributed by atoms with Crippen LogP contribution in [0.5, 0.6) is 5.75 Å². The zero-order chi connectivity index (χ0) is 17.8. The van der Waals surface area contributed by atoms with Crippen molar-refractivity contribution in [3.8, 4) is 5.75 Å². The van der Waals surface area contributed by atoms with Gasteiger partial charge in [0.2, 0.25) is 0 Å². The minimum atomic E-state index is -0.627. The number of pyridine rings is 1. The van der Waals surface area contributed by atoms with Crippen molar-refractivity contribution in [3.63, 3.8) is 0 Å². The molecule has 1 aromatic heterocycles. The molecule has 0 radical (unpaired) electrons. The van der Waals surface area contributed by atoms with Gasteiger partial charge in [-0.3, -0.25) is 4.79 Å². The summed E-state index contributed by atoms with van der Waals surface area (Å²) in [5.74, 6) is 1.29. The van der Waals surface area contributed by atoms with E-state index in [0.29, 0.717) is 28.9 Å². The molecule has 0 aliphatic carbocycles. The summed E-state index contributed by atoms with van der Waals surface area (Å²) < 4.78 is 5.72. The van der Waals surface area contributed by atoms with E-state index in [1.54, 1.807) is 31.3 Å². The van der Waals surface area contributed by atoms with E-state index in [-0.39, 0.29) is 5.91 Å². The highest BCUT2D eigenvalue weighted by molar-refractivity contribution is 6.34. The molecule has 1 unspecified atom stereocenters. The van der Waals surface area contributed by atoms with Crippen LogP contribution in [0.4, 0.5) is 5.82 Å². The van der Waals surface area contributed by atoms with Gasteiger partial charge in [-0.05, 0) is 31.2 Å². The van der Waals surface area contributed by atoms with Crippen molar-refractivity contribution >= 4 is 34.9 Å². The van der Waals surface area contributed by atoms with Crippen molar-refractivity contribution in [1.29, 1.82) is 0 Å². The quantitative estimate of drug-likeness (QED) is 0.815. The summed E-state index contributed by atoms with van der Waals surface area (Å²) in [5.41, 5.74) is 0. The summed E-state index contributed by atoms with van der Waals surface area (Å²) >= 11 is 12.1. The van der Waals surface area contributed by atoms with Gasteiger partial charge >= 0.3 is 0 Å². The molecule has 1 fully saturated rings. The Bertz CT molecular complexity index is 734. The fourth-order valence-corrected chi connectivity index (χ4v) is 3.09. The summed E-state index contributed by atoms with van der Waals surface area (Å²) in [6.45, 7) is 4.48. The van der Waals surface area contributed by atoms with Crippen LogP contribution in [0.3, 0.4) is 0 Å². The van der Waals surface area contributed by atoms with Gasteiger partial charge < -0.3 is 14.5 Å². The molecular weight excluding hydrogens is 361 g/mol. The molecule has 132 valence electrons. The van der Waals surface area contributed by atoms with Gasteiger partial charge in [-0.1, -0.05) is 29.3 Å². The smallest absolute Gasteiger partial charge is 0.263 e. The number of carbonyl (C=O) groups is 1. The van der Waals surface area contributed by atoms with Crippen LogP contribution in [0.25, 0.3) is 0 Å². The first kappa shape index (κ1) is 17.8. The molecule has 0 saturated carbocycles. The molecule has 2 aromatic rings. The van der Waals surface area contributed by atoms with Crippen molar-refractivity contribution < 1.29 is 9.53 Å². The van der Waals surface area contributed by atoms with Gasteiger partial charge in [-0.15, -0.1) is 0 Å². The Morgan fingerprint density at radius 1 is 1.16 bits per heavy atom. The van der Waals surface area contributed by atoms with Crippen LogP contribution in [-0.4, -0.2) is 48.1 Å². The first-order valence-corrected chi connectivity index (χ1v) is 8.86. The highest BCUT2D eigenvalue weighted by Crippen LogP contribution is 2.28. The van der Waals surface area contributed by atoms with Crippen LogP contribution < -0.4 is 9.64 Å². The third kappa shape index (κ3) is 4.35. The van der Waals surface area contributed by atoms with E-state index < -0.39 is 6.10 Å². The third-order valence-corrected chi connectivity index (χ3v) is 4.66. The van der Waals surface area contributed by atoms with E-state index in [9.17, 15) is 4.79 Å². The highest BCUT2D eigenvalue weighted by Gasteiger charge is 2.26. The standard InChI is InChI=1S/C18H19Cl2N3O2/c1-13(25-16-12-14(19)5-6-15(16)20)18(24)23-10-8-22(9-11-23)17-4-2-3-7-21-17/h2-7,12-13H,8-11H2,1H3. The predicted octanol–water partition coefficient (Wildman–Crippen LogP) is 3.50. The average Bonchev–Trinajstić information content (AvgIpc) is 2.65. The summed E-state index contributed by atoms with van der Waals surface area (Å²) in [6, 6.07) is 10.8. The summed E-state index contributed by atoms with van der Waals surface area (Å²) in [7, 11) is 0. The molecule has 5 nitrogen and oxygen atoms in total. The molecule has 0 bridgehead atoms. The molecule has 7 heteroatoms. The number of amides is 1. The second-order valence-corrected chi connectivity index (χ2v) is 6.68. The van der Waals surface area contributed by atoms with E-state index in [1.807, 2.05) is 23.1 Å². The molecule has 0 N–H and O–H groups in total. The van der Waals surface area contributed by atoms with Crippen molar-refractivity contribution in [3.05, 3.63) is 52.6 Å². The monoisotopic (exact) mass is 379 g/mol. The van der Waals surface area contributed by atoms with Crippen molar-refractivity contribution in [2.24, 2.45) is 0 Å². The maximum atomic E-state index is 12.6. The second-order valence-electron chi connectivity index (χ2n) is 5.84. The van der Waals surface area contributed by atoms with Crippen LogP contribution in [0.15, 0.2) is 42.6 Å². The van der Waals surface area contributed by atoms with Crippen LogP contribution in [-0.2, 0) is 4.79 Å². The van der Waals surface area contributed by atoms with E-state index >= 15 is 0 Å². The summed E-state index contributed by atoms with van der Waals surface area (Å²) in [5, 5.41) is 0.951. The van der Waals surface area contributed by atoms with Gasteiger partial charge in [-0.2, -0.15) is 0 Å². The predicted molar refractivity (Wildman–Crippen MR) is 99.6 cm³/mol. The number of hydrogen-bond donors (Lipinski definition) is 0. The van der Waals surface area contributed by atoms with Gasteiger partial charge in [0, 0.05) is 43.5 Å². The first-order valence-electron chi connectivity index (χ1n) is 8.11. The van der Waals surface area contributed by atoms with Gasteiger partial charge in [0.05, 0.1) is 5.02 Å². The normalized spacial score (nSPS) is 15.8. The molecule has 1 atom stereocenters. The van der Waals surface area contributed by atoms with Crippen molar-refractivity contribution in [2.75, 3.05) is 31.1 Å². The summed E-state index contributed by atoms with van der Waals surface area (Å²) in [6.07, 6.45) is 1.15. The Hall–Kier alpha value is -1.98.